The monoisotopic (exact) mass is 316 g/mol. The molecule has 0 saturated carbocycles. The molecule has 0 radical (unpaired) electrons. The van der Waals surface area contributed by atoms with E-state index in [1.165, 1.54) is 0 Å². The number of aryl methyl sites for hydroxylation is 4. The van der Waals surface area contributed by atoms with Crippen molar-refractivity contribution < 1.29 is 8.78 Å². The number of hydrogen-bond acceptors (Lipinski definition) is 0. The van der Waals surface area contributed by atoms with Gasteiger partial charge >= 0.3 is 0 Å². The highest BCUT2D eigenvalue weighted by molar-refractivity contribution is 6.31. The lowest BCUT2D eigenvalue weighted by atomic mass is 10.1. The molecular formula is C16H16Cl2F2. The van der Waals surface area contributed by atoms with Crippen LogP contribution in [0.4, 0.5) is 8.78 Å². The predicted molar refractivity (Wildman–Crippen MR) is 81.8 cm³/mol. The van der Waals surface area contributed by atoms with Crippen LogP contribution < -0.4 is 0 Å². The van der Waals surface area contributed by atoms with E-state index in [1.54, 1.807) is 52.0 Å². The highest BCUT2D eigenvalue weighted by atomic mass is 35.5. The van der Waals surface area contributed by atoms with Crippen LogP contribution >= 0.6 is 23.2 Å². The van der Waals surface area contributed by atoms with Gasteiger partial charge < -0.3 is 0 Å². The SMILES string of the molecule is Cc1ccc(C)c(Cl)c1F.Cc1ccc(C)c(Cl)c1F. The summed E-state index contributed by atoms with van der Waals surface area (Å²) in [5, 5.41) is 0.472. The third kappa shape index (κ3) is 3.94. The summed E-state index contributed by atoms with van der Waals surface area (Å²) >= 11 is 11.2. The topological polar surface area (TPSA) is 0 Å². The minimum Gasteiger partial charge on any atom is -0.205 e. The highest BCUT2D eigenvalue weighted by Crippen LogP contribution is 2.22. The summed E-state index contributed by atoms with van der Waals surface area (Å²) in [5.41, 5.74) is 2.75. The minimum absolute atomic E-state index is 0.236. The molecule has 2 aromatic carbocycles. The standard InChI is InChI=1S/2C8H8ClF/c2*1-5-3-4-6(2)8(10)7(5)9/h2*3-4H,1-2H3. The predicted octanol–water partition coefficient (Wildman–Crippen LogP) is 6.19. The molecule has 0 aliphatic rings. The fraction of sp³-hybridized carbons (Fsp3) is 0.250. The van der Waals surface area contributed by atoms with Gasteiger partial charge in [0.15, 0.2) is 0 Å². The Kier molecular flexibility index (Phi) is 5.97. The maximum atomic E-state index is 12.9. The summed E-state index contributed by atoms with van der Waals surface area (Å²) in [5.74, 6) is -0.608. The lowest BCUT2D eigenvalue weighted by Crippen LogP contribution is -1.85. The van der Waals surface area contributed by atoms with Crippen LogP contribution in [0.5, 0.6) is 0 Å². The second-order valence-corrected chi connectivity index (χ2v) is 5.41. The van der Waals surface area contributed by atoms with Gasteiger partial charge in [0.05, 0.1) is 10.0 Å². The molecule has 0 spiro atoms. The molecular weight excluding hydrogens is 301 g/mol. The maximum absolute atomic E-state index is 12.9. The van der Waals surface area contributed by atoms with E-state index >= 15 is 0 Å². The van der Waals surface area contributed by atoms with Crippen molar-refractivity contribution in [3.63, 3.8) is 0 Å². The van der Waals surface area contributed by atoms with E-state index in [-0.39, 0.29) is 21.7 Å². The summed E-state index contributed by atoms with van der Waals surface area (Å²) in [6.07, 6.45) is 0. The average Bonchev–Trinajstić information content (AvgIpc) is 2.43. The van der Waals surface area contributed by atoms with Crippen molar-refractivity contribution in [1.29, 1.82) is 0 Å². The van der Waals surface area contributed by atoms with E-state index in [1.807, 2.05) is 0 Å². The van der Waals surface area contributed by atoms with E-state index in [2.05, 4.69) is 0 Å². The largest absolute Gasteiger partial charge is 0.205 e. The van der Waals surface area contributed by atoms with E-state index in [9.17, 15) is 8.78 Å². The van der Waals surface area contributed by atoms with Crippen LogP contribution in [0, 0.1) is 39.3 Å². The van der Waals surface area contributed by atoms with Gasteiger partial charge in [0, 0.05) is 0 Å². The Hall–Kier alpha value is -1.12. The van der Waals surface area contributed by atoms with Gasteiger partial charge in [0.1, 0.15) is 11.6 Å². The van der Waals surface area contributed by atoms with E-state index in [0.29, 0.717) is 11.1 Å². The van der Waals surface area contributed by atoms with Gasteiger partial charge in [0.2, 0.25) is 0 Å². The first-order valence-electron chi connectivity index (χ1n) is 6.08. The quantitative estimate of drug-likeness (QED) is 0.543. The van der Waals surface area contributed by atoms with Crippen LogP contribution in [-0.2, 0) is 0 Å². The van der Waals surface area contributed by atoms with Gasteiger partial charge in [-0.05, 0) is 49.9 Å². The molecule has 0 N–H and O–H groups in total. The smallest absolute Gasteiger partial charge is 0.144 e. The summed E-state index contributed by atoms with van der Waals surface area (Å²) in [4.78, 5) is 0. The molecule has 0 unspecified atom stereocenters. The Balaban J connectivity index is 0.000000200. The van der Waals surface area contributed by atoms with Crippen molar-refractivity contribution in [2.75, 3.05) is 0 Å². The molecule has 2 aromatic rings. The van der Waals surface area contributed by atoms with Crippen molar-refractivity contribution in [2.24, 2.45) is 0 Å². The molecule has 0 heterocycles. The fourth-order valence-corrected chi connectivity index (χ4v) is 1.91. The summed E-state index contributed by atoms with van der Waals surface area (Å²) < 4.78 is 25.7. The van der Waals surface area contributed by atoms with Crippen molar-refractivity contribution in [1.82, 2.24) is 0 Å². The van der Waals surface area contributed by atoms with Crippen LogP contribution in [0.15, 0.2) is 24.3 Å². The lowest BCUT2D eigenvalue weighted by Gasteiger charge is -2.00. The number of hydrogen-bond donors (Lipinski definition) is 0. The van der Waals surface area contributed by atoms with E-state index < -0.39 is 0 Å². The lowest BCUT2D eigenvalue weighted by molar-refractivity contribution is 0.617. The Morgan fingerprint density at radius 1 is 0.600 bits per heavy atom. The number of benzene rings is 2. The van der Waals surface area contributed by atoms with Crippen LogP contribution in [0.3, 0.4) is 0 Å². The van der Waals surface area contributed by atoms with Crippen molar-refractivity contribution in [3.05, 3.63) is 68.2 Å². The fourth-order valence-electron chi connectivity index (χ4n) is 1.49. The molecule has 20 heavy (non-hydrogen) atoms. The van der Waals surface area contributed by atoms with Crippen LogP contribution in [0.25, 0.3) is 0 Å². The molecule has 2 rings (SSSR count). The summed E-state index contributed by atoms with van der Waals surface area (Å²) in [7, 11) is 0. The van der Waals surface area contributed by atoms with Crippen LogP contribution in [-0.4, -0.2) is 0 Å². The maximum Gasteiger partial charge on any atom is 0.144 e. The third-order valence-corrected chi connectivity index (χ3v) is 3.86. The zero-order valence-electron chi connectivity index (χ0n) is 11.8. The van der Waals surface area contributed by atoms with Gasteiger partial charge in [0.25, 0.3) is 0 Å². The second-order valence-electron chi connectivity index (χ2n) is 4.65. The first kappa shape index (κ1) is 16.9. The van der Waals surface area contributed by atoms with Gasteiger partial charge in [-0.15, -0.1) is 0 Å². The molecule has 0 atom stereocenters. The molecule has 0 nitrogen and oxygen atoms in total. The van der Waals surface area contributed by atoms with E-state index in [4.69, 9.17) is 23.2 Å². The molecule has 0 fully saturated rings. The van der Waals surface area contributed by atoms with Gasteiger partial charge in [-0.2, -0.15) is 0 Å². The first-order chi connectivity index (χ1) is 9.25. The van der Waals surface area contributed by atoms with Crippen molar-refractivity contribution >= 4 is 23.2 Å². The van der Waals surface area contributed by atoms with Crippen LogP contribution in [0.1, 0.15) is 22.3 Å². The van der Waals surface area contributed by atoms with Crippen molar-refractivity contribution in [3.8, 4) is 0 Å². The average molecular weight is 317 g/mol. The molecule has 0 amide bonds. The van der Waals surface area contributed by atoms with Crippen LogP contribution in [0.2, 0.25) is 10.0 Å². The molecule has 0 saturated heterocycles. The molecule has 0 aliphatic heterocycles. The first-order valence-corrected chi connectivity index (χ1v) is 6.83. The van der Waals surface area contributed by atoms with Gasteiger partial charge in [-0.1, -0.05) is 47.5 Å². The molecule has 0 aromatic heterocycles. The number of halogens is 4. The number of rotatable bonds is 0. The van der Waals surface area contributed by atoms with Crippen molar-refractivity contribution in [2.45, 2.75) is 27.7 Å². The summed E-state index contributed by atoms with van der Waals surface area (Å²) in [6, 6.07) is 7.05. The Bertz CT molecular complexity index is 513. The molecule has 4 heteroatoms. The minimum atomic E-state index is -0.304. The summed E-state index contributed by atoms with van der Waals surface area (Å²) in [6.45, 7) is 6.96. The highest BCUT2D eigenvalue weighted by Gasteiger charge is 2.04. The zero-order chi connectivity index (χ0) is 15.4. The second kappa shape index (κ2) is 7.05. The normalized spacial score (nSPS) is 10.0. The van der Waals surface area contributed by atoms with Gasteiger partial charge in [-0.25, -0.2) is 8.78 Å². The Morgan fingerprint density at radius 2 is 0.850 bits per heavy atom. The zero-order valence-corrected chi connectivity index (χ0v) is 13.3. The Labute approximate surface area is 128 Å². The van der Waals surface area contributed by atoms with Gasteiger partial charge in [-0.3, -0.25) is 0 Å². The molecule has 0 bridgehead atoms. The van der Waals surface area contributed by atoms with E-state index in [0.717, 1.165) is 11.1 Å². The third-order valence-electron chi connectivity index (χ3n) is 2.94. The molecule has 108 valence electrons. The Morgan fingerprint density at radius 3 is 1.10 bits per heavy atom. The molecule has 0 aliphatic carbocycles.